The molecule has 0 radical (unpaired) electrons. The Bertz CT molecular complexity index is 967. The highest BCUT2D eigenvalue weighted by Crippen LogP contribution is 2.23. The minimum absolute atomic E-state index is 0.132. The molecule has 2 fully saturated rings. The number of benzene rings is 1. The number of rotatable bonds is 6. The van der Waals surface area contributed by atoms with Gasteiger partial charge in [0.2, 0.25) is 17.7 Å². The molecule has 9 heteroatoms. The fraction of sp³-hybridized carbons (Fsp3) is 0.429. The lowest BCUT2D eigenvalue weighted by Crippen LogP contribution is -2.53. The minimum atomic E-state index is -0.947. The van der Waals surface area contributed by atoms with Gasteiger partial charge in [0, 0.05) is 29.9 Å². The summed E-state index contributed by atoms with van der Waals surface area (Å²) in [6.45, 7) is 1.01. The van der Waals surface area contributed by atoms with Crippen molar-refractivity contribution in [3.63, 3.8) is 0 Å². The predicted octanol–water partition coefficient (Wildman–Crippen LogP) is 0.269. The minimum Gasteiger partial charge on any atom is -0.368 e. The van der Waals surface area contributed by atoms with E-state index in [2.05, 4.69) is 15.6 Å². The van der Waals surface area contributed by atoms with Crippen LogP contribution in [0.4, 0.5) is 0 Å². The Hall–Kier alpha value is -3.36. The number of fused-ring (bicyclic) bond motifs is 1. The molecular formula is C21H25N5O4. The van der Waals surface area contributed by atoms with E-state index in [1.165, 1.54) is 4.90 Å². The zero-order valence-corrected chi connectivity index (χ0v) is 16.5. The lowest BCUT2D eigenvalue weighted by atomic mass is 9.97. The monoisotopic (exact) mass is 411 g/mol. The zero-order chi connectivity index (χ0) is 21.3. The van der Waals surface area contributed by atoms with E-state index in [-0.39, 0.29) is 24.2 Å². The summed E-state index contributed by atoms with van der Waals surface area (Å²) in [7, 11) is 0. The van der Waals surface area contributed by atoms with Crippen LogP contribution in [0.25, 0.3) is 10.9 Å². The van der Waals surface area contributed by atoms with E-state index in [0.717, 1.165) is 10.9 Å². The molecule has 30 heavy (non-hydrogen) atoms. The van der Waals surface area contributed by atoms with Crippen molar-refractivity contribution in [2.45, 2.75) is 37.8 Å². The van der Waals surface area contributed by atoms with Crippen LogP contribution in [0, 0.1) is 5.92 Å². The number of para-hydroxylation sites is 1. The van der Waals surface area contributed by atoms with Crippen molar-refractivity contribution in [1.82, 2.24) is 20.5 Å². The molecule has 5 N–H and O–H groups in total. The number of likely N-dealkylation sites (tertiary alicyclic amines) is 1. The number of nitrogens with one attached hydrogen (secondary N) is 3. The quantitative estimate of drug-likeness (QED) is 0.542. The summed E-state index contributed by atoms with van der Waals surface area (Å²) < 4.78 is 0. The van der Waals surface area contributed by atoms with Gasteiger partial charge in [-0.25, -0.2) is 0 Å². The number of hydrogen-bond donors (Lipinski definition) is 4. The molecular weight excluding hydrogens is 386 g/mol. The molecule has 4 amide bonds. The van der Waals surface area contributed by atoms with E-state index in [9.17, 15) is 19.2 Å². The molecule has 3 heterocycles. The number of carbonyl (C=O) groups excluding carboxylic acids is 4. The second-order valence-corrected chi connectivity index (χ2v) is 7.90. The lowest BCUT2D eigenvalue weighted by Gasteiger charge is -2.26. The van der Waals surface area contributed by atoms with E-state index >= 15 is 0 Å². The van der Waals surface area contributed by atoms with E-state index in [0.29, 0.717) is 38.0 Å². The first-order valence-electron chi connectivity index (χ1n) is 10.2. The molecule has 2 aromatic rings. The van der Waals surface area contributed by atoms with Gasteiger partial charge in [-0.1, -0.05) is 18.2 Å². The van der Waals surface area contributed by atoms with Crippen LogP contribution in [0.3, 0.4) is 0 Å². The second-order valence-electron chi connectivity index (χ2n) is 7.90. The molecule has 0 unspecified atom stereocenters. The molecule has 4 rings (SSSR count). The van der Waals surface area contributed by atoms with Crippen molar-refractivity contribution >= 4 is 34.5 Å². The Morgan fingerprint density at radius 3 is 2.73 bits per heavy atom. The number of nitrogens with zero attached hydrogens (tertiary/aromatic N) is 1. The third kappa shape index (κ3) is 3.87. The summed E-state index contributed by atoms with van der Waals surface area (Å²) in [4.78, 5) is 54.3. The van der Waals surface area contributed by atoms with Crippen LogP contribution in [0.1, 0.15) is 36.2 Å². The lowest BCUT2D eigenvalue weighted by molar-refractivity contribution is -0.131. The SMILES string of the molecule is NC(=O)[C@H](C[C@@H]1CCNC1=O)NC(=O)[C@@H]1CCCN1C(=O)c1cc2ccccc2[nH]1. The van der Waals surface area contributed by atoms with Crippen molar-refractivity contribution in [2.75, 3.05) is 13.1 Å². The van der Waals surface area contributed by atoms with E-state index < -0.39 is 23.9 Å². The van der Waals surface area contributed by atoms with Crippen molar-refractivity contribution in [2.24, 2.45) is 11.7 Å². The third-order valence-electron chi connectivity index (χ3n) is 5.92. The van der Waals surface area contributed by atoms with Gasteiger partial charge < -0.3 is 26.3 Å². The highest BCUT2D eigenvalue weighted by molar-refractivity contribution is 6.01. The topological polar surface area (TPSA) is 137 Å². The van der Waals surface area contributed by atoms with Crippen molar-refractivity contribution in [3.8, 4) is 0 Å². The van der Waals surface area contributed by atoms with Crippen molar-refractivity contribution < 1.29 is 19.2 Å². The van der Waals surface area contributed by atoms with Crippen LogP contribution >= 0.6 is 0 Å². The largest absolute Gasteiger partial charge is 0.368 e. The van der Waals surface area contributed by atoms with E-state index in [4.69, 9.17) is 5.73 Å². The number of primary amides is 1. The Morgan fingerprint density at radius 1 is 1.23 bits per heavy atom. The molecule has 0 saturated carbocycles. The van der Waals surface area contributed by atoms with Gasteiger partial charge in [0.1, 0.15) is 17.8 Å². The van der Waals surface area contributed by atoms with Gasteiger partial charge in [0.05, 0.1) is 0 Å². The summed E-state index contributed by atoms with van der Waals surface area (Å²) in [5.41, 5.74) is 6.74. The van der Waals surface area contributed by atoms with Crippen molar-refractivity contribution in [3.05, 3.63) is 36.0 Å². The van der Waals surface area contributed by atoms with Crippen LogP contribution < -0.4 is 16.4 Å². The number of aromatic nitrogens is 1. The average molecular weight is 411 g/mol. The van der Waals surface area contributed by atoms with Gasteiger partial charge in [0.25, 0.3) is 5.91 Å². The summed E-state index contributed by atoms with van der Waals surface area (Å²) in [5, 5.41) is 6.31. The molecule has 0 spiro atoms. The molecule has 2 aliphatic rings. The fourth-order valence-electron chi connectivity index (χ4n) is 4.29. The number of H-pyrrole nitrogens is 1. The van der Waals surface area contributed by atoms with Crippen molar-refractivity contribution in [1.29, 1.82) is 0 Å². The van der Waals surface area contributed by atoms with Crippen LogP contribution in [0.5, 0.6) is 0 Å². The maximum atomic E-state index is 13.0. The summed E-state index contributed by atoms with van der Waals surface area (Å²) >= 11 is 0. The predicted molar refractivity (Wildman–Crippen MR) is 109 cm³/mol. The van der Waals surface area contributed by atoms with Gasteiger partial charge >= 0.3 is 0 Å². The summed E-state index contributed by atoms with van der Waals surface area (Å²) in [5.74, 6) is -1.84. The smallest absolute Gasteiger partial charge is 0.270 e. The highest BCUT2D eigenvalue weighted by atomic mass is 16.2. The van der Waals surface area contributed by atoms with Gasteiger partial charge in [-0.3, -0.25) is 19.2 Å². The molecule has 158 valence electrons. The first-order valence-corrected chi connectivity index (χ1v) is 10.2. The Kier molecular flexibility index (Phi) is 5.43. The van der Waals surface area contributed by atoms with E-state index in [1.807, 2.05) is 24.3 Å². The first kappa shape index (κ1) is 19.9. The molecule has 0 bridgehead atoms. The van der Waals surface area contributed by atoms with Gasteiger partial charge in [-0.2, -0.15) is 0 Å². The number of hydrogen-bond acceptors (Lipinski definition) is 4. The molecule has 2 saturated heterocycles. The highest BCUT2D eigenvalue weighted by Gasteiger charge is 2.37. The maximum Gasteiger partial charge on any atom is 0.270 e. The Labute approximate surface area is 173 Å². The molecule has 9 nitrogen and oxygen atoms in total. The Morgan fingerprint density at radius 2 is 2.03 bits per heavy atom. The fourth-order valence-corrected chi connectivity index (χ4v) is 4.29. The summed E-state index contributed by atoms with van der Waals surface area (Å²) in [6.07, 6.45) is 1.96. The average Bonchev–Trinajstić information content (AvgIpc) is 3.46. The molecule has 0 aliphatic carbocycles. The van der Waals surface area contributed by atoms with Crippen LogP contribution in [0.2, 0.25) is 0 Å². The first-order chi connectivity index (χ1) is 14.4. The number of aromatic amines is 1. The molecule has 1 aromatic heterocycles. The number of amides is 4. The zero-order valence-electron chi connectivity index (χ0n) is 16.5. The standard InChI is InChI=1S/C21H25N5O4/c22-18(27)15(11-13-7-8-23-19(13)28)25-20(29)17-6-3-9-26(17)21(30)16-10-12-4-1-2-5-14(12)24-16/h1-2,4-5,10,13,15,17,24H,3,6-9,11H2,(H2,22,27)(H,23,28)(H,25,29)/t13-,15-,17-/m0/s1. The van der Waals surface area contributed by atoms with Crippen LogP contribution in [-0.2, 0) is 14.4 Å². The Balaban J connectivity index is 1.46. The maximum absolute atomic E-state index is 13.0. The molecule has 1 aromatic carbocycles. The van der Waals surface area contributed by atoms with Gasteiger partial charge in [0.15, 0.2) is 0 Å². The van der Waals surface area contributed by atoms with Crippen LogP contribution in [0.15, 0.2) is 30.3 Å². The third-order valence-corrected chi connectivity index (χ3v) is 5.92. The normalized spacial score (nSPS) is 22.1. The number of carbonyl (C=O) groups is 4. The number of nitrogens with two attached hydrogens (primary N) is 1. The molecule has 3 atom stereocenters. The second kappa shape index (κ2) is 8.17. The molecule has 2 aliphatic heterocycles. The van der Waals surface area contributed by atoms with Gasteiger partial charge in [-0.05, 0) is 37.8 Å². The van der Waals surface area contributed by atoms with E-state index in [1.54, 1.807) is 6.07 Å². The van der Waals surface area contributed by atoms with Crippen LogP contribution in [-0.4, -0.2) is 58.7 Å². The van der Waals surface area contributed by atoms with Gasteiger partial charge in [-0.15, -0.1) is 0 Å². The summed E-state index contributed by atoms with van der Waals surface area (Å²) in [6, 6.07) is 7.72.